The molecule has 1 saturated carbocycles. The first-order valence-electron chi connectivity index (χ1n) is 9.91. The lowest BCUT2D eigenvalue weighted by atomic mass is 9.84. The highest BCUT2D eigenvalue weighted by Crippen LogP contribution is 2.49. The third-order valence-corrected chi connectivity index (χ3v) is 5.54. The van der Waals surface area contributed by atoms with Gasteiger partial charge in [0.2, 0.25) is 11.8 Å². The second-order valence-electron chi connectivity index (χ2n) is 8.91. The Morgan fingerprint density at radius 1 is 1.04 bits per heavy atom. The Morgan fingerprint density at radius 2 is 1.68 bits per heavy atom. The largest absolute Gasteiger partial charge is 0.349 e. The van der Waals surface area contributed by atoms with Gasteiger partial charge < -0.3 is 10.6 Å². The fourth-order valence-electron chi connectivity index (χ4n) is 3.57. The van der Waals surface area contributed by atoms with Crippen LogP contribution in [0.3, 0.4) is 0 Å². The summed E-state index contributed by atoms with van der Waals surface area (Å²) < 4.78 is 0. The Morgan fingerprint density at radius 3 is 2.21 bits per heavy atom. The van der Waals surface area contributed by atoms with Crippen LogP contribution in [0.25, 0.3) is 0 Å². The number of carbonyl (C=O) groups is 2. The number of rotatable bonds is 5. The Balaban J connectivity index is 1.73. The molecule has 2 amide bonds. The molecule has 28 heavy (non-hydrogen) atoms. The molecule has 2 aromatic carbocycles. The second kappa shape index (κ2) is 7.42. The fourth-order valence-corrected chi connectivity index (χ4v) is 3.57. The average molecular weight is 379 g/mol. The number of hydrogen-bond acceptors (Lipinski definition) is 2. The van der Waals surface area contributed by atoms with Crippen LogP contribution >= 0.6 is 0 Å². The summed E-state index contributed by atoms with van der Waals surface area (Å²) in [5.74, 6) is -0.0297. The van der Waals surface area contributed by atoms with Crippen LogP contribution in [0.4, 0.5) is 5.69 Å². The van der Waals surface area contributed by atoms with Crippen molar-refractivity contribution in [3.63, 3.8) is 0 Å². The third kappa shape index (κ3) is 4.27. The van der Waals surface area contributed by atoms with Crippen molar-refractivity contribution < 1.29 is 9.59 Å². The summed E-state index contributed by atoms with van der Waals surface area (Å²) >= 11 is 0. The molecule has 0 bridgehead atoms. The van der Waals surface area contributed by atoms with Gasteiger partial charge in [-0.1, -0.05) is 57.2 Å². The van der Waals surface area contributed by atoms with Crippen molar-refractivity contribution in [1.82, 2.24) is 5.32 Å². The molecule has 1 atom stereocenters. The maximum atomic E-state index is 13.1. The highest BCUT2D eigenvalue weighted by molar-refractivity contribution is 5.91. The van der Waals surface area contributed by atoms with E-state index in [2.05, 4.69) is 55.7 Å². The summed E-state index contributed by atoms with van der Waals surface area (Å²) in [4.78, 5) is 24.3. The van der Waals surface area contributed by atoms with Gasteiger partial charge in [0.1, 0.15) is 0 Å². The average Bonchev–Trinajstić information content (AvgIpc) is 3.43. The smallest absolute Gasteiger partial charge is 0.231 e. The van der Waals surface area contributed by atoms with E-state index in [1.807, 2.05) is 31.2 Å². The molecule has 1 fully saturated rings. The van der Waals surface area contributed by atoms with Crippen molar-refractivity contribution in [2.24, 2.45) is 0 Å². The SMILES string of the molecule is CC(=O)Nc1cccc(C(C)NC(=O)C2(c3ccc(C(C)(C)C)cc3)CC2)c1. The van der Waals surface area contributed by atoms with Crippen molar-refractivity contribution in [3.05, 3.63) is 65.2 Å². The Kier molecular flexibility index (Phi) is 5.33. The van der Waals surface area contributed by atoms with Crippen LogP contribution in [-0.4, -0.2) is 11.8 Å². The van der Waals surface area contributed by atoms with Gasteiger partial charge in [0.05, 0.1) is 11.5 Å². The first-order chi connectivity index (χ1) is 13.1. The first-order valence-corrected chi connectivity index (χ1v) is 9.91. The van der Waals surface area contributed by atoms with Gasteiger partial charge in [-0.25, -0.2) is 0 Å². The number of hydrogen-bond donors (Lipinski definition) is 2. The predicted molar refractivity (Wildman–Crippen MR) is 113 cm³/mol. The summed E-state index contributed by atoms with van der Waals surface area (Å²) in [5.41, 5.74) is 3.78. The summed E-state index contributed by atoms with van der Waals surface area (Å²) in [6.07, 6.45) is 1.76. The van der Waals surface area contributed by atoms with Crippen molar-refractivity contribution in [2.75, 3.05) is 5.32 Å². The summed E-state index contributed by atoms with van der Waals surface area (Å²) in [5, 5.41) is 5.96. The van der Waals surface area contributed by atoms with E-state index in [9.17, 15) is 9.59 Å². The molecule has 4 nitrogen and oxygen atoms in total. The molecule has 0 aliphatic heterocycles. The van der Waals surface area contributed by atoms with E-state index in [1.165, 1.54) is 12.5 Å². The minimum Gasteiger partial charge on any atom is -0.349 e. The van der Waals surface area contributed by atoms with Crippen molar-refractivity contribution in [3.8, 4) is 0 Å². The summed E-state index contributed by atoms with van der Waals surface area (Å²) in [6.45, 7) is 10.0. The lowest BCUT2D eigenvalue weighted by Crippen LogP contribution is -2.36. The molecule has 1 aliphatic rings. The monoisotopic (exact) mass is 378 g/mol. The zero-order valence-electron chi connectivity index (χ0n) is 17.4. The molecule has 0 spiro atoms. The minimum absolute atomic E-state index is 0.0773. The van der Waals surface area contributed by atoms with Gasteiger partial charge in [-0.05, 0) is 54.0 Å². The maximum absolute atomic E-state index is 13.1. The van der Waals surface area contributed by atoms with E-state index >= 15 is 0 Å². The lowest BCUT2D eigenvalue weighted by molar-refractivity contribution is -0.124. The normalized spacial score (nSPS) is 16.2. The minimum atomic E-state index is -0.403. The molecule has 3 rings (SSSR count). The van der Waals surface area contributed by atoms with Crippen molar-refractivity contribution >= 4 is 17.5 Å². The number of anilines is 1. The van der Waals surface area contributed by atoms with E-state index < -0.39 is 5.41 Å². The van der Waals surface area contributed by atoms with Crippen molar-refractivity contribution in [2.45, 2.75) is 64.3 Å². The number of benzene rings is 2. The molecule has 0 heterocycles. The number of carbonyl (C=O) groups excluding carboxylic acids is 2. The highest BCUT2D eigenvalue weighted by Gasteiger charge is 2.51. The fraction of sp³-hybridized carbons (Fsp3) is 0.417. The zero-order valence-corrected chi connectivity index (χ0v) is 17.4. The van der Waals surface area contributed by atoms with Crippen LogP contribution in [0.2, 0.25) is 0 Å². The maximum Gasteiger partial charge on any atom is 0.231 e. The first kappa shape index (κ1) is 20.1. The lowest BCUT2D eigenvalue weighted by Gasteiger charge is -2.23. The van der Waals surface area contributed by atoms with E-state index in [1.54, 1.807) is 0 Å². The van der Waals surface area contributed by atoms with Crippen LogP contribution in [0.5, 0.6) is 0 Å². The van der Waals surface area contributed by atoms with Gasteiger partial charge in [0.15, 0.2) is 0 Å². The molecule has 148 valence electrons. The number of amides is 2. The summed E-state index contributed by atoms with van der Waals surface area (Å²) in [6, 6.07) is 16.0. The van der Waals surface area contributed by atoms with E-state index in [-0.39, 0.29) is 23.3 Å². The van der Waals surface area contributed by atoms with E-state index in [4.69, 9.17) is 0 Å². The highest BCUT2D eigenvalue weighted by atomic mass is 16.2. The van der Waals surface area contributed by atoms with E-state index in [0.29, 0.717) is 0 Å². The van der Waals surface area contributed by atoms with Crippen LogP contribution in [0.1, 0.15) is 70.2 Å². The van der Waals surface area contributed by atoms with Crippen LogP contribution in [-0.2, 0) is 20.4 Å². The molecule has 4 heteroatoms. The van der Waals surface area contributed by atoms with Gasteiger partial charge in [0, 0.05) is 12.6 Å². The Hall–Kier alpha value is -2.62. The molecule has 1 aliphatic carbocycles. The van der Waals surface area contributed by atoms with Gasteiger partial charge in [-0.15, -0.1) is 0 Å². The molecule has 2 aromatic rings. The standard InChI is InChI=1S/C24H30N2O2/c1-16(18-7-6-8-21(15-18)26-17(2)27)25-22(28)24(13-14-24)20-11-9-19(10-12-20)23(3,4)5/h6-12,15-16H,13-14H2,1-5H3,(H,25,28)(H,26,27). The second-order valence-corrected chi connectivity index (χ2v) is 8.91. The van der Waals surface area contributed by atoms with Gasteiger partial charge in [0.25, 0.3) is 0 Å². The van der Waals surface area contributed by atoms with Gasteiger partial charge >= 0.3 is 0 Å². The zero-order chi connectivity index (χ0) is 20.5. The van der Waals surface area contributed by atoms with Crippen molar-refractivity contribution in [1.29, 1.82) is 0 Å². The molecule has 0 radical (unpaired) electrons. The topological polar surface area (TPSA) is 58.2 Å². The van der Waals surface area contributed by atoms with Crippen LogP contribution < -0.4 is 10.6 Å². The molecule has 0 aromatic heterocycles. The quantitative estimate of drug-likeness (QED) is 0.781. The van der Waals surface area contributed by atoms with Gasteiger partial charge in [-0.3, -0.25) is 9.59 Å². The molecule has 0 saturated heterocycles. The molecule has 1 unspecified atom stereocenters. The third-order valence-electron chi connectivity index (χ3n) is 5.54. The van der Waals surface area contributed by atoms with Gasteiger partial charge in [-0.2, -0.15) is 0 Å². The van der Waals surface area contributed by atoms with Crippen LogP contribution in [0.15, 0.2) is 48.5 Å². The molecule has 2 N–H and O–H groups in total. The van der Waals surface area contributed by atoms with E-state index in [0.717, 1.165) is 29.7 Å². The Labute approximate surface area is 167 Å². The summed E-state index contributed by atoms with van der Waals surface area (Å²) in [7, 11) is 0. The molecular formula is C24H30N2O2. The number of nitrogens with one attached hydrogen (secondary N) is 2. The Bertz CT molecular complexity index is 874. The molecular weight excluding hydrogens is 348 g/mol. The van der Waals surface area contributed by atoms with Crippen LogP contribution in [0, 0.1) is 0 Å². The predicted octanol–water partition coefficient (Wildman–Crippen LogP) is 4.85.